The molecule has 1 aliphatic rings. The Morgan fingerprint density at radius 1 is 1.40 bits per heavy atom. The molecule has 0 aromatic carbocycles. The average Bonchev–Trinajstić information content (AvgIpc) is 2.48. The molecule has 20 heavy (non-hydrogen) atoms. The predicted octanol–water partition coefficient (Wildman–Crippen LogP) is 3.79. The minimum absolute atomic E-state index is 0.0807. The van der Waals surface area contributed by atoms with Crippen molar-refractivity contribution < 1.29 is 9.13 Å². The van der Waals surface area contributed by atoms with Crippen molar-refractivity contribution in [3.8, 4) is 5.88 Å². The maximum absolute atomic E-state index is 13.7. The monoisotopic (exact) mass is 281 g/mol. The molecule has 0 aliphatic heterocycles. The minimum Gasteiger partial charge on any atom is -0.472 e. The van der Waals surface area contributed by atoms with Gasteiger partial charge in [0.25, 0.3) is 5.88 Å². The molecule has 5 heteroatoms. The van der Waals surface area contributed by atoms with E-state index in [2.05, 4.69) is 29.1 Å². The molecule has 1 heterocycles. The first-order chi connectivity index (χ1) is 9.72. The molecule has 1 aromatic heterocycles. The molecule has 1 aliphatic carbocycles. The lowest BCUT2D eigenvalue weighted by atomic mass is 9.85. The highest BCUT2D eigenvalue weighted by atomic mass is 19.1. The Kier molecular flexibility index (Phi) is 5.56. The summed E-state index contributed by atoms with van der Waals surface area (Å²) in [4.78, 5) is 8.06. The van der Waals surface area contributed by atoms with Crippen LogP contribution in [0.5, 0.6) is 5.88 Å². The van der Waals surface area contributed by atoms with Crippen molar-refractivity contribution in [1.29, 1.82) is 0 Å². The second-order valence-electron chi connectivity index (χ2n) is 5.45. The van der Waals surface area contributed by atoms with E-state index in [0.717, 1.165) is 38.6 Å². The van der Waals surface area contributed by atoms with Crippen molar-refractivity contribution in [2.24, 2.45) is 5.92 Å². The van der Waals surface area contributed by atoms with Gasteiger partial charge in [0, 0.05) is 6.54 Å². The number of aromatic nitrogens is 2. The third-order valence-electron chi connectivity index (χ3n) is 3.84. The molecule has 1 fully saturated rings. The van der Waals surface area contributed by atoms with Crippen LogP contribution in [0.2, 0.25) is 0 Å². The normalized spacial score (nSPS) is 22.6. The molecule has 2 unspecified atom stereocenters. The topological polar surface area (TPSA) is 47.0 Å². The van der Waals surface area contributed by atoms with Crippen LogP contribution in [0.15, 0.2) is 6.20 Å². The maximum atomic E-state index is 13.7. The van der Waals surface area contributed by atoms with Crippen LogP contribution in [0.25, 0.3) is 0 Å². The summed E-state index contributed by atoms with van der Waals surface area (Å²) in [6.45, 7) is 5.03. The Hall–Kier alpha value is -1.39. The summed E-state index contributed by atoms with van der Waals surface area (Å²) in [5.74, 6) is 0.730. The molecular formula is C15H24FN3O. The Morgan fingerprint density at radius 2 is 2.25 bits per heavy atom. The number of nitrogens with one attached hydrogen (secondary N) is 1. The fourth-order valence-electron chi connectivity index (χ4n) is 2.63. The number of ether oxygens (including phenoxy) is 1. The molecule has 0 spiro atoms. The summed E-state index contributed by atoms with van der Waals surface area (Å²) in [6, 6.07) is 0. The second-order valence-corrected chi connectivity index (χ2v) is 5.45. The second kappa shape index (κ2) is 7.41. The number of nitrogens with zero attached hydrogens (tertiary/aromatic N) is 2. The summed E-state index contributed by atoms with van der Waals surface area (Å²) in [6.07, 6.45) is 7.78. The van der Waals surface area contributed by atoms with Crippen LogP contribution in [0, 0.1) is 11.7 Å². The number of hydrogen-bond acceptors (Lipinski definition) is 4. The van der Waals surface area contributed by atoms with Gasteiger partial charge in [0.2, 0.25) is 11.8 Å². The lowest BCUT2D eigenvalue weighted by Crippen LogP contribution is -2.26. The van der Waals surface area contributed by atoms with Crippen molar-refractivity contribution in [1.82, 2.24) is 9.97 Å². The molecular weight excluding hydrogens is 257 g/mol. The third-order valence-corrected chi connectivity index (χ3v) is 3.84. The van der Waals surface area contributed by atoms with Crippen LogP contribution in [-0.4, -0.2) is 22.6 Å². The van der Waals surface area contributed by atoms with Gasteiger partial charge in [-0.15, -0.1) is 0 Å². The van der Waals surface area contributed by atoms with Crippen molar-refractivity contribution in [2.45, 2.75) is 58.5 Å². The Morgan fingerprint density at radius 3 is 3.00 bits per heavy atom. The highest BCUT2D eigenvalue weighted by molar-refractivity contribution is 5.28. The van der Waals surface area contributed by atoms with Gasteiger partial charge in [0.05, 0.1) is 6.20 Å². The van der Waals surface area contributed by atoms with E-state index < -0.39 is 5.82 Å². The van der Waals surface area contributed by atoms with E-state index in [-0.39, 0.29) is 12.0 Å². The van der Waals surface area contributed by atoms with Crippen LogP contribution in [0.4, 0.5) is 10.3 Å². The maximum Gasteiger partial charge on any atom is 0.255 e. The van der Waals surface area contributed by atoms with Gasteiger partial charge in [-0.05, 0) is 31.6 Å². The van der Waals surface area contributed by atoms with Crippen LogP contribution >= 0.6 is 0 Å². The minimum atomic E-state index is -0.481. The zero-order valence-electron chi connectivity index (χ0n) is 12.4. The highest BCUT2D eigenvalue weighted by Gasteiger charge is 2.23. The lowest BCUT2D eigenvalue weighted by molar-refractivity contribution is 0.112. The number of halogens is 1. The van der Waals surface area contributed by atoms with Gasteiger partial charge >= 0.3 is 0 Å². The van der Waals surface area contributed by atoms with E-state index in [0.29, 0.717) is 11.9 Å². The number of hydrogen-bond donors (Lipinski definition) is 1. The first kappa shape index (κ1) is 15.0. The fraction of sp³-hybridized carbons (Fsp3) is 0.733. The van der Waals surface area contributed by atoms with Gasteiger partial charge < -0.3 is 10.1 Å². The van der Waals surface area contributed by atoms with Gasteiger partial charge in [-0.2, -0.15) is 9.37 Å². The first-order valence-corrected chi connectivity index (χ1v) is 7.66. The van der Waals surface area contributed by atoms with Gasteiger partial charge in [0.1, 0.15) is 6.10 Å². The Balaban J connectivity index is 2.00. The lowest BCUT2D eigenvalue weighted by Gasteiger charge is -2.28. The van der Waals surface area contributed by atoms with E-state index in [1.54, 1.807) is 0 Å². The van der Waals surface area contributed by atoms with Crippen LogP contribution in [-0.2, 0) is 0 Å². The van der Waals surface area contributed by atoms with E-state index >= 15 is 0 Å². The predicted molar refractivity (Wildman–Crippen MR) is 77.4 cm³/mol. The van der Waals surface area contributed by atoms with Crippen LogP contribution in [0.1, 0.15) is 52.4 Å². The third kappa shape index (κ3) is 4.05. The standard InChI is InChI=1S/C15H24FN3O/c1-3-8-17-15-18-10-13(16)14(19-15)20-12-7-5-6-11(4-2)9-12/h10-12H,3-9H2,1-2H3,(H,17,18,19). The molecule has 2 rings (SSSR count). The molecule has 1 aromatic rings. The zero-order chi connectivity index (χ0) is 14.4. The SMILES string of the molecule is CCCNc1ncc(F)c(OC2CCCC(CC)C2)n1. The van der Waals surface area contributed by atoms with E-state index in [4.69, 9.17) is 4.74 Å². The molecule has 112 valence electrons. The molecule has 2 atom stereocenters. The zero-order valence-corrected chi connectivity index (χ0v) is 12.4. The smallest absolute Gasteiger partial charge is 0.255 e. The molecule has 1 saturated carbocycles. The Bertz CT molecular complexity index is 428. The molecule has 0 amide bonds. The average molecular weight is 281 g/mol. The molecule has 4 nitrogen and oxygen atoms in total. The van der Waals surface area contributed by atoms with Gasteiger partial charge in [-0.3, -0.25) is 0 Å². The van der Waals surface area contributed by atoms with Crippen molar-refractivity contribution in [2.75, 3.05) is 11.9 Å². The van der Waals surface area contributed by atoms with Gasteiger partial charge in [-0.25, -0.2) is 4.98 Å². The summed E-state index contributed by atoms with van der Waals surface area (Å²) >= 11 is 0. The Labute approximate surface area is 120 Å². The summed E-state index contributed by atoms with van der Waals surface area (Å²) in [7, 11) is 0. The quantitative estimate of drug-likeness (QED) is 0.862. The van der Waals surface area contributed by atoms with E-state index in [9.17, 15) is 4.39 Å². The van der Waals surface area contributed by atoms with E-state index in [1.807, 2.05) is 0 Å². The summed E-state index contributed by atoms with van der Waals surface area (Å²) in [5.41, 5.74) is 0. The van der Waals surface area contributed by atoms with Crippen molar-refractivity contribution in [3.05, 3.63) is 12.0 Å². The van der Waals surface area contributed by atoms with Crippen LogP contribution in [0.3, 0.4) is 0 Å². The van der Waals surface area contributed by atoms with Gasteiger partial charge in [-0.1, -0.05) is 26.7 Å². The fourth-order valence-corrected chi connectivity index (χ4v) is 2.63. The molecule has 1 N–H and O–H groups in total. The number of rotatable bonds is 6. The molecule has 0 radical (unpaired) electrons. The highest BCUT2D eigenvalue weighted by Crippen LogP contribution is 2.29. The summed E-state index contributed by atoms with van der Waals surface area (Å²) < 4.78 is 19.5. The molecule has 0 saturated heterocycles. The largest absolute Gasteiger partial charge is 0.472 e. The van der Waals surface area contributed by atoms with Crippen molar-refractivity contribution >= 4 is 5.95 Å². The summed E-state index contributed by atoms with van der Waals surface area (Å²) in [5, 5.41) is 3.05. The first-order valence-electron chi connectivity index (χ1n) is 7.66. The van der Waals surface area contributed by atoms with Crippen molar-refractivity contribution in [3.63, 3.8) is 0 Å². The van der Waals surface area contributed by atoms with E-state index in [1.165, 1.54) is 12.6 Å². The van der Waals surface area contributed by atoms with Crippen LogP contribution < -0.4 is 10.1 Å². The molecule has 0 bridgehead atoms. The van der Waals surface area contributed by atoms with Gasteiger partial charge in [0.15, 0.2) is 0 Å². The number of anilines is 1.